The van der Waals surface area contributed by atoms with Gasteiger partial charge in [-0.15, -0.1) is 0 Å². The van der Waals surface area contributed by atoms with Crippen molar-refractivity contribution in [1.82, 2.24) is 9.80 Å². The number of amides is 2. The molecule has 0 radical (unpaired) electrons. The largest absolute Gasteiger partial charge is 0.332 e. The molecule has 0 aromatic carbocycles. The first-order chi connectivity index (χ1) is 7.08. The highest BCUT2D eigenvalue weighted by Gasteiger charge is 2.28. The van der Waals surface area contributed by atoms with Gasteiger partial charge in [0.25, 0.3) is 0 Å². The molecule has 0 aliphatic carbocycles. The van der Waals surface area contributed by atoms with Crippen LogP contribution in [0.5, 0.6) is 0 Å². The number of carbonyl (C=O) groups is 2. The lowest BCUT2D eigenvalue weighted by Crippen LogP contribution is -2.53. The quantitative estimate of drug-likeness (QED) is 0.550. The summed E-state index contributed by atoms with van der Waals surface area (Å²) in [4.78, 5) is 26.3. The molecule has 0 N–H and O–H groups in total. The van der Waals surface area contributed by atoms with Gasteiger partial charge in [0.15, 0.2) is 0 Å². The summed E-state index contributed by atoms with van der Waals surface area (Å²) in [6.45, 7) is 7.02. The van der Waals surface area contributed by atoms with Gasteiger partial charge < -0.3 is 9.80 Å². The fourth-order valence-corrected chi connectivity index (χ4v) is 1.56. The maximum Gasteiger partial charge on any atom is 0.242 e. The van der Waals surface area contributed by atoms with E-state index in [0.29, 0.717) is 18.8 Å². The highest BCUT2D eigenvalue weighted by Crippen LogP contribution is 2.07. The van der Waals surface area contributed by atoms with Crippen LogP contribution in [0, 0.1) is 0 Å². The van der Waals surface area contributed by atoms with Gasteiger partial charge in [0.05, 0.1) is 6.54 Å². The number of likely N-dealkylation sites (N-methyl/N-ethyl adjacent to an activating group) is 1. The van der Waals surface area contributed by atoms with E-state index in [2.05, 4.69) is 19.2 Å². The van der Waals surface area contributed by atoms with Gasteiger partial charge in [0.2, 0.25) is 11.8 Å². The van der Waals surface area contributed by atoms with Crippen molar-refractivity contribution in [3.8, 4) is 0 Å². The van der Waals surface area contributed by atoms with E-state index in [1.807, 2.05) is 6.92 Å². The molecule has 84 valence electrons. The Bertz CT molecular complexity index is 291. The fraction of sp³-hybridized carbons (Fsp3) is 0.600. The average Bonchev–Trinajstić information content (AvgIpc) is 2.22. The monoisotopic (exact) mass is 228 g/mol. The van der Waals surface area contributed by atoms with Crippen LogP contribution in [0.2, 0.25) is 0 Å². The third-order valence-corrected chi connectivity index (χ3v) is 2.82. The Labute approximate surface area is 95.3 Å². The Kier molecular flexibility index (Phi) is 4.20. The van der Waals surface area contributed by atoms with Crippen molar-refractivity contribution in [3.05, 3.63) is 12.2 Å². The van der Waals surface area contributed by atoms with Crippen LogP contribution in [0.1, 0.15) is 6.92 Å². The summed E-state index contributed by atoms with van der Waals surface area (Å²) >= 11 is 4.07. The lowest BCUT2D eigenvalue weighted by Gasteiger charge is -2.33. The molecule has 0 aromatic heterocycles. The third kappa shape index (κ3) is 2.99. The Morgan fingerprint density at radius 3 is 2.40 bits per heavy atom. The topological polar surface area (TPSA) is 40.6 Å². The second kappa shape index (κ2) is 5.21. The number of hydrogen-bond acceptors (Lipinski definition) is 3. The van der Waals surface area contributed by atoms with Crippen molar-refractivity contribution in [2.75, 3.05) is 31.9 Å². The second-order valence-electron chi connectivity index (χ2n) is 3.57. The SMILES string of the molecule is C=C(CS)CN1CC(=O)N(CC)CC1=O. The Morgan fingerprint density at radius 2 is 1.87 bits per heavy atom. The van der Waals surface area contributed by atoms with Crippen molar-refractivity contribution in [2.45, 2.75) is 6.92 Å². The van der Waals surface area contributed by atoms with Gasteiger partial charge in [-0.25, -0.2) is 0 Å². The van der Waals surface area contributed by atoms with Crippen LogP contribution in [0.15, 0.2) is 12.2 Å². The summed E-state index contributed by atoms with van der Waals surface area (Å²) in [5, 5.41) is 0. The summed E-state index contributed by atoms with van der Waals surface area (Å²) in [6.07, 6.45) is 0. The van der Waals surface area contributed by atoms with Crippen molar-refractivity contribution >= 4 is 24.4 Å². The molecule has 1 fully saturated rings. The predicted molar refractivity (Wildman–Crippen MR) is 61.8 cm³/mol. The van der Waals surface area contributed by atoms with Gasteiger partial charge in [-0.3, -0.25) is 9.59 Å². The summed E-state index contributed by atoms with van der Waals surface area (Å²) in [7, 11) is 0. The van der Waals surface area contributed by atoms with Crippen LogP contribution >= 0.6 is 12.6 Å². The summed E-state index contributed by atoms with van der Waals surface area (Å²) in [5.41, 5.74) is 0.851. The molecule has 1 saturated heterocycles. The van der Waals surface area contributed by atoms with E-state index in [9.17, 15) is 9.59 Å². The minimum absolute atomic E-state index is 0.00376. The number of piperazine rings is 1. The van der Waals surface area contributed by atoms with Gasteiger partial charge >= 0.3 is 0 Å². The molecule has 0 bridgehead atoms. The number of hydrogen-bond donors (Lipinski definition) is 1. The predicted octanol–water partition coefficient (Wildman–Crippen LogP) is 0.163. The van der Waals surface area contributed by atoms with Crippen molar-refractivity contribution in [2.24, 2.45) is 0 Å². The van der Waals surface area contributed by atoms with E-state index in [1.165, 1.54) is 4.90 Å². The van der Waals surface area contributed by atoms with Crippen LogP contribution in [0.3, 0.4) is 0 Å². The normalized spacial score (nSPS) is 17.2. The van der Waals surface area contributed by atoms with Crippen molar-refractivity contribution < 1.29 is 9.59 Å². The number of nitrogens with zero attached hydrogens (tertiary/aromatic N) is 2. The smallest absolute Gasteiger partial charge is 0.242 e. The molecular formula is C10H16N2O2S. The molecule has 0 saturated carbocycles. The molecule has 0 unspecified atom stereocenters. The van der Waals surface area contributed by atoms with Gasteiger partial charge in [-0.1, -0.05) is 6.58 Å². The van der Waals surface area contributed by atoms with Gasteiger partial charge in [0.1, 0.15) is 6.54 Å². The van der Waals surface area contributed by atoms with E-state index in [1.54, 1.807) is 4.90 Å². The highest BCUT2D eigenvalue weighted by atomic mass is 32.1. The molecular weight excluding hydrogens is 212 g/mol. The van der Waals surface area contributed by atoms with Crippen LogP contribution in [-0.4, -0.2) is 53.5 Å². The number of rotatable bonds is 4. The molecule has 0 atom stereocenters. The maximum absolute atomic E-state index is 11.6. The number of thiol groups is 1. The first-order valence-corrected chi connectivity index (χ1v) is 5.54. The third-order valence-electron chi connectivity index (χ3n) is 2.38. The Balaban J connectivity index is 2.59. The van der Waals surface area contributed by atoms with Crippen molar-refractivity contribution in [3.63, 3.8) is 0 Å². The summed E-state index contributed by atoms with van der Waals surface area (Å²) in [6, 6.07) is 0. The zero-order chi connectivity index (χ0) is 11.4. The molecule has 1 rings (SSSR count). The standard InChI is InChI=1S/C10H16N2O2S/c1-3-11-5-10(14)12(6-9(11)13)4-8(2)7-15/h15H,2-7H2,1H3. The van der Waals surface area contributed by atoms with E-state index in [-0.39, 0.29) is 24.9 Å². The molecule has 0 spiro atoms. The molecule has 4 nitrogen and oxygen atoms in total. The van der Waals surface area contributed by atoms with Crippen molar-refractivity contribution in [1.29, 1.82) is 0 Å². The van der Waals surface area contributed by atoms with E-state index >= 15 is 0 Å². The Morgan fingerprint density at radius 1 is 1.33 bits per heavy atom. The first-order valence-electron chi connectivity index (χ1n) is 4.91. The van der Waals surface area contributed by atoms with Crippen LogP contribution < -0.4 is 0 Å². The van der Waals surface area contributed by atoms with Crippen LogP contribution in [-0.2, 0) is 9.59 Å². The van der Waals surface area contributed by atoms with E-state index in [0.717, 1.165) is 5.57 Å². The highest BCUT2D eigenvalue weighted by molar-refractivity contribution is 7.80. The lowest BCUT2D eigenvalue weighted by molar-refractivity contribution is -0.149. The van der Waals surface area contributed by atoms with Gasteiger partial charge in [-0.05, 0) is 12.5 Å². The lowest BCUT2D eigenvalue weighted by atomic mass is 10.2. The number of carbonyl (C=O) groups excluding carboxylic acids is 2. The second-order valence-corrected chi connectivity index (χ2v) is 3.88. The minimum atomic E-state index is -0.0145. The molecule has 1 aliphatic rings. The first kappa shape index (κ1) is 12.1. The zero-order valence-electron chi connectivity index (χ0n) is 8.90. The zero-order valence-corrected chi connectivity index (χ0v) is 9.80. The van der Waals surface area contributed by atoms with Gasteiger partial charge in [-0.2, -0.15) is 12.6 Å². The Hall–Kier alpha value is -0.970. The summed E-state index contributed by atoms with van der Waals surface area (Å²) < 4.78 is 0. The molecule has 5 heteroatoms. The minimum Gasteiger partial charge on any atom is -0.332 e. The molecule has 1 heterocycles. The van der Waals surface area contributed by atoms with Gasteiger partial charge in [0, 0.05) is 18.8 Å². The van der Waals surface area contributed by atoms with Crippen LogP contribution in [0.4, 0.5) is 0 Å². The van der Waals surface area contributed by atoms with Crippen LogP contribution in [0.25, 0.3) is 0 Å². The average molecular weight is 228 g/mol. The summed E-state index contributed by atoms with van der Waals surface area (Å²) in [5.74, 6) is 0.526. The molecule has 0 aromatic rings. The van der Waals surface area contributed by atoms with E-state index in [4.69, 9.17) is 0 Å². The van der Waals surface area contributed by atoms with E-state index < -0.39 is 0 Å². The fourth-order valence-electron chi connectivity index (χ4n) is 1.46. The molecule has 2 amide bonds. The molecule has 15 heavy (non-hydrogen) atoms. The molecule has 1 aliphatic heterocycles. The maximum atomic E-state index is 11.6.